The molecule has 0 saturated heterocycles. The second-order valence-electron chi connectivity index (χ2n) is 6.45. The Morgan fingerprint density at radius 1 is 1.07 bits per heavy atom. The van der Waals surface area contributed by atoms with Gasteiger partial charge in [-0.05, 0) is 48.7 Å². The predicted octanol–water partition coefficient (Wildman–Crippen LogP) is 3.93. The van der Waals surface area contributed by atoms with Gasteiger partial charge in [0.05, 0.1) is 12.1 Å². The Kier molecular flexibility index (Phi) is 7.10. The maximum atomic E-state index is 12.7. The number of carbonyl (C=O) groups is 1. The maximum Gasteiger partial charge on any atom is 0.416 e. The third-order valence-electron chi connectivity index (χ3n) is 4.06. The van der Waals surface area contributed by atoms with Crippen molar-refractivity contribution in [3.8, 4) is 0 Å². The SMILES string of the molecule is CN(C)c1ccc(CCCNC(=O)CNc2cccc(C(F)(F)F)c2)cc1. The molecule has 0 aliphatic heterocycles. The summed E-state index contributed by atoms with van der Waals surface area (Å²) in [6.07, 6.45) is -2.77. The van der Waals surface area contributed by atoms with Crippen molar-refractivity contribution in [2.24, 2.45) is 0 Å². The van der Waals surface area contributed by atoms with Crippen LogP contribution in [-0.2, 0) is 17.4 Å². The van der Waals surface area contributed by atoms with Gasteiger partial charge in [-0.25, -0.2) is 0 Å². The minimum Gasteiger partial charge on any atom is -0.378 e. The minimum absolute atomic E-state index is 0.0706. The first kappa shape index (κ1) is 20.6. The van der Waals surface area contributed by atoms with E-state index in [2.05, 4.69) is 22.8 Å². The van der Waals surface area contributed by atoms with Gasteiger partial charge in [0.15, 0.2) is 0 Å². The number of hydrogen-bond acceptors (Lipinski definition) is 3. The van der Waals surface area contributed by atoms with Crippen LogP contribution in [0.5, 0.6) is 0 Å². The van der Waals surface area contributed by atoms with E-state index in [0.717, 1.165) is 30.7 Å². The Bertz CT molecular complexity index is 743. The number of nitrogens with one attached hydrogen (secondary N) is 2. The lowest BCUT2D eigenvalue weighted by atomic mass is 10.1. The number of anilines is 2. The van der Waals surface area contributed by atoms with Gasteiger partial charge in [-0.3, -0.25) is 4.79 Å². The van der Waals surface area contributed by atoms with Crippen LogP contribution in [0, 0.1) is 0 Å². The van der Waals surface area contributed by atoms with Gasteiger partial charge in [0.2, 0.25) is 5.91 Å². The lowest BCUT2D eigenvalue weighted by Gasteiger charge is -2.13. The van der Waals surface area contributed by atoms with E-state index >= 15 is 0 Å². The Balaban J connectivity index is 1.69. The predicted molar refractivity (Wildman–Crippen MR) is 102 cm³/mol. The summed E-state index contributed by atoms with van der Waals surface area (Å²) in [4.78, 5) is 13.9. The summed E-state index contributed by atoms with van der Waals surface area (Å²) in [5.41, 5.74) is 1.85. The zero-order chi connectivity index (χ0) is 19.9. The molecule has 0 saturated carbocycles. The van der Waals surface area contributed by atoms with Crippen molar-refractivity contribution < 1.29 is 18.0 Å². The average molecular weight is 379 g/mol. The van der Waals surface area contributed by atoms with E-state index in [1.54, 1.807) is 0 Å². The Labute approximate surface area is 157 Å². The smallest absolute Gasteiger partial charge is 0.378 e. The number of rotatable bonds is 8. The highest BCUT2D eigenvalue weighted by atomic mass is 19.4. The van der Waals surface area contributed by atoms with Crippen LogP contribution in [0.25, 0.3) is 0 Å². The van der Waals surface area contributed by atoms with Crippen LogP contribution in [-0.4, -0.2) is 33.1 Å². The number of halogens is 3. The second-order valence-corrected chi connectivity index (χ2v) is 6.45. The van der Waals surface area contributed by atoms with Crippen molar-refractivity contribution in [3.63, 3.8) is 0 Å². The summed E-state index contributed by atoms with van der Waals surface area (Å²) in [6.45, 7) is 0.442. The van der Waals surface area contributed by atoms with Crippen LogP contribution in [0.4, 0.5) is 24.5 Å². The molecule has 7 heteroatoms. The summed E-state index contributed by atoms with van der Waals surface area (Å²) in [6, 6.07) is 13.0. The van der Waals surface area contributed by atoms with Crippen LogP contribution in [0.1, 0.15) is 17.5 Å². The molecule has 0 aliphatic carbocycles. The van der Waals surface area contributed by atoms with Gasteiger partial charge in [-0.1, -0.05) is 18.2 Å². The molecule has 0 heterocycles. The highest BCUT2D eigenvalue weighted by Gasteiger charge is 2.30. The molecule has 2 N–H and O–H groups in total. The Hall–Kier alpha value is -2.70. The van der Waals surface area contributed by atoms with Gasteiger partial charge >= 0.3 is 6.18 Å². The summed E-state index contributed by atoms with van der Waals surface area (Å²) >= 11 is 0. The van der Waals surface area contributed by atoms with Gasteiger partial charge in [0.1, 0.15) is 0 Å². The number of benzene rings is 2. The number of alkyl halides is 3. The van der Waals surface area contributed by atoms with Gasteiger partial charge in [0.25, 0.3) is 0 Å². The van der Waals surface area contributed by atoms with E-state index in [4.69, 9.17) is 0 Å². The number of nitrogens with zero attached hydrogens (tertiary/aromatic N) is 1. The quantitative estimate of drug-likeness (QED) is 0.683. The molecular weight excluding hydrogens is 355 g/mol. The van der Waals surface area contributed by atoms with Gasteiger partial charge < -0.3 is 15.5 Å². The normalized spacial score (nSPS) is 11.1. The standard InChI is InChI=1S/C20H24F3N3O/c1-26(2)18-10-8-15(9-11-18)5-4-12-24-19(27)14-25-17-7-3-6-16(13-17)20(21,22)23/h3,6-11,13,25H,4-5,12,14H2,1-2H3,(H,24,27). The van der Waals surface area contributed by atoms with E-state index in [0.29, 0.717) is 6.54 Å². The summed E-state index contributed by atoms with van der Waals surface area (Å²) < 4.78 is 38.0. The lowest BCUT2D eigenvalue weighted by Crippen LogP contribution is -2.30. The molecule has 0 aromatic heterocycles. The van der Waals surface area contributed by atoms with Crippen molar-refractivity contribution in [1.82, 2.24) is 5.32 Å². The first-order chi connectivity index (χ1) is 12.8. The fraction of sp³-hybridized carbons (Fsp3) is 0.350. The number of hydrogen-bond donors (Lipinski definition) is 2. The van der Waals surface area contributed by atoms with Gasteiger partial charge in [-0.15, -0.1) is 0 Å². The third kappa shape index (κ3) is 6.84. The number of carbonyl (C=O) groups excluding carboxylic acids is 1. The average Bonchev–Trinajstić information content (AvgIpc) is 2.63. The highest BCUT2D eigenvalue weighted by molar-refractivity contribution is 5.80. The molecule has 1 amide bonds. The number of aryl methyl sites for hydroxylation is 1. The largest absolute Gasteiger partial charge is 0.416 e. The zero-order valence-corrected chi connectivity index (χ0v) is 15.4. The van der Waals surface area contributed by atoms with Gasteiger partial charge in [0, 0.05) is 32.0 Å². The monoisotopic (exact) mass is 379 g/mol. The summed E-state index contributed by atoms with van der Waals surface area (Å²) in [7, 11) is 3.97. The van der Waals surface area contributed by atoms with E-state index in [1.165, 1.54) is 17.7 Å². The van der Waals surface area contributed by atoms with Crippen molar-refractivity contribution in [2.75, 3.05) is 37.4 Å². The lowest BCUT2D eigenvalue weighted by molar-refractivity contribution is -0.137. The topological polar surface area (TPSA) is 44.4 Å². The van der Waals surface area contributed by atoms with Crippen LogP contribution in [0.3, 0.4) is 0 Å². The zero-order valence-electron chi connectivity index (χ0n) is 15.4. The summed E-state index contributed by atoms with van der Waals surface area (Å²) in [5, 5.41) is 5.48. The maximum absolute atomic E-state index is 12.7. The molecule has 2 aromatic carbocycles. The molecule has 0 atom stereocenters. The Morgan fingerprint density at radius 3 is 2.41 bits per heavy atom. The van der Waals surface area contributed by atoms with Crippen LogP contribution >= 0.6 is 0 Å². The van der Waals surface area contributed by atoms with Crippen molar-refractivity contribution in [3.05, 3.63) is 59.7 Å². The molecule has 27 heavy (non-hydrogen) atoms. The van der Waals surface area contributed by atoms with Crippen molar-refractivity contribution >= 4 is 17.3 Å². The van der Waals surface area contributed by atoms with Gasteiger partial charge in [-0.2, -0.15) is 13.2 Å². The molecule has 2 aromatic rings. The molecule has 0 aliphatic rings. The first-order valence-electron chi connectivity index (χ1n) is 8.70. The molecule has 146 valence electrons. The molecular formula is C20H24F3N3O. The molecule has 0 fully saturated rings. The minimum atomic E-state index is -4.40. The Morgan fingerprint density at radius 2 is 1.78 bits per heavy atom. The van der Waals surface area contributed by atoms with Crippen LogP contribution in [0.2, 0.25) is 0 Å². The first-order valence-corrected chi connectivity index (χ1v) is 8.70. The van der Waals surface area contributed by atoms with Crippen LogP contribution in [0.15, 0.2) is 48.5 Å². The molecule has 0 unspecified atom stereocenters. The van der Waals surface area contributed by atoms with Crippen molar-refractivity contribution in [1.29, 1.82) is 0 Å². The number of amides is 1. The van der Waals surface area contributed by atoms with E-state index in [-0.39, 0.29) is 18.1 Å². The van der Waals surface area contributed by atoms with E-state index in [1.807, 2.05) is 31.1 Å². The third-order valence-corrected chi connectivity index (χ3v) is 4.06. The van der Waals surface area contributed by atoms with E-state index < -0.39 is 11.7 Å². The highest BCUT2D eigenvalue weighted by Crippen LogP contribution is 2.30. The molecule has 0 bridgehead atoms. The molecule has 2 rings (SSSR count). The fourth-order valence-electron chi connectivity index (χ4n) is 2.53. The summed E-state index contributed by atoms with van der Waals surface area (Å²) in [5.74, 6) is -0.254. The van der Waals surface area contributed by atoms with E-state index in [9.17, 15) is 18.0 Å². The molecule has 0 radical (unpaired) electrons. The second kappa shape index (κ2) is 9.30. The molecule has 0 spiro atoms. The van der Waals surface area contributed by atoms with Crippen LogP contribution < -0.4 is 15.5 Å². The molecule has 4 nitrogen and oxygen atoms in total. The van der Waals surface area contributed by atoms with Crippen molar-refractivity contribution in [2.45, 2.75) is 19.0 Å². The fourth-order valence-corrected chi connectivity index (χ4v) is 2.53.